The van der Waals surface area contributed by atoms with Crippen molar-refractivity contribution in [3.05, 3.63) is 65.2 Å². The monoisotopic (exact) mass is 448 g/mol. The van der Waals surface area contributed by atoms with E-state index in [9.17, 15) is 9.59 Å². The van der Waals surface area contributed by atoms with Gasteiger partial charge in [0.05, 0.1) is 19.8 Å². The minimum atomic E-state index is -0.0639. The predicted molar refractivity (Wildman–Crippen MR) is 127 cm³/mol. The summed E-state index contributed by atoms with van der Waals surface area (Å²) in [5.74, 6) is 0.688. The third kappa shape index (κ3) is 5.20. The number of morpholine rings is 1. The topological polar surface area (TPSA) is 65.1 Å². The first kappa shape index (κ1) is 21.9. The number of rotatable bonds is 4. The van der Waals surface area contributed by atoms with Crippen LogP contribution in [0.5, 0.6) is 0 Å². The zero-order valence-electron chi connectivity index (χ0n) is 19.0. The van der Waals surface area contributed by atoms with Crippen LogP contribution in [-0.4, -0.2) is 72.6 Å². The van der Waals surface area contributed by atoms with Crippen molar-refractivity contribution >= 4 is 17.6 Å². The lowest BCUT2D eigenvalue weighted by Gasteiger charge is -2.34. The molecule has 0 unspecified atom stereocenters. The molecule has 0 radical (unpaired) electrons. The summed E-state index contributed by atoms with van der Waals surface area (Å²) < 4.78 is 5.37. The number of piperidine rings is 1. The second kappa shape index (κ2) is 9.93. The van der Waals surface area contributed by atoms with Crippen molar-refractivity contribution < 1.29 is 14.3 Å². The van der Waals surface area contributed by atoms with Crippen molar-refractivity contribution in [1.29, 1.82) is 0 Å². The molecule has 2 saturated heterocycles. The van der Waals surface area contributed by atoms with Gasteiger partial charge in [-0.1, -0.05) is 36.4 Å². The average Bonchev–Trinajstić information content (AvgIpc) is 3.30. The van der Waals surface area contributed by atoms with Gasteiger partial charge in [-0.2, -0.15) is 0 Å². The summed E-state index contributed by atoms with van der Waals surface area (Å²) in [4.78, 5) is 31.3. The fourth-order valence-corrected chi connectivity index (χ4v) is 5.03. The number of nitrogens with one attached hydrogen (secondary N) is 1. The Labute approximate surface area is 195 Å². The van der Waals surface area contributed by atoms with E-state index >= 15 is 0 Å². The van der Waals surface area contributed by atoms with E-state index in [1.165, 1.54) is 16.7 Å². The lowest BCUT2D eigenvalue weighted by molar-refractivity contribution is -0.134. The average molecular weight is 449 g/mol. The van der Waals surface area contributed by atoms with Gasteiger partial charge in [-0.3, -0.25) is 9.69 Å². The predicted octanol–water partition coefficient (Wildman–Crippen LogP) is 3.27. The van der Waals surface area contributed by atoms with E-state index in [1.807, 2.05) is 34.1 Å². The molecule has 0 aromatic heterocycles. The quantitative estimate of drug-likeness (QED) is 0.780. The zero-order valence-corrected chi connectivity index (χ0v) is 19.0. The summed E-state index contributed by atoms with van der Waals surface area (Å²) in [7, 11) is 0. The molecule has 3 aliphatic heterocycles. The van der Waals surface area contributed by atoms with Gasteiger partial charge in [0.25, 0.3) is 0 Å². The highest BCUT2D eigenvalue weighted by Crippen LogP contribution is 2.29. The zero-order chi connectivity index (χ0) is 22.6. The number of amides is 3. The number of urea groups is 1. The standard InChI is InChI=1S/C26H32N4O3/c31-25(19-28-13-15-33-16-14-28)29-11-9-21(10-12-29)20-5-7-24(8-6-20)27-26(32)30-17-22-3-1-2-4-23(22)18-30/h1-8,21H,9-19H2,(H,27,32). The van der Waals surface area contributed by atoms with Crippen molar-refractivity contribution in [1.82, 2.24) is 14.7 Å². The number of carbonyl (C=O) groups excluding carboxylic acids is 2. The molecule has 3 amide bonds. The van der Waals surface area contributed by atoms with Gasteiger partial charge in [-0.15, -0.1) is 0 Å². The van der Waals surface area contributed by atoms with Gasteiger partial charge >= 0.3 is 6.03 Å². The summed E-state index contributed by atoms with van der Waals surface area (Å²) in [6.07, 6.45) is 1.96. The Balaban J connectivity index is 1.09. The van der Waals surface area contributed by atoms with E-state index in [0.717, 1.165) is 57.9 Å². The van der Waals surface area contributed by atoms with Gasteiger partial charge < -0.3 is 19.9 Å². The molecule has 3 aliphatic rings. The summed E-state index contributed by atoms with van der Waals surface area (Å²) in [5.41, 5.74) is 4.54. The summed E-state index contributed by atoms with van der Waals surface area (Å²) >= 11 is 0. The second-order valence-electron chi connectivity index (χ2n) is 9.22. The van der Waals surface area contributed by atoms with Crippen LogP contribution in [0, 0.1) is 0 Å². The first-order chi connectivity index (χ1) is 16.2. The second-order valence-corrected chi connectivity index (χ2v) is 9.22. The highest BCUT2D eigenvalue weighted by Gasteiger charge is 2.26. The van der Waals surface area contributed by atoms with E-state index in [0.29, 0.717) is 25.6 Å². The minimum absolute atomic E-state index is 0.0639. The molecular formula is C26H32N4O3. The molecule has 174 valence electrons. The van der Waals surface area contributed by atoms with Gasteiger partial charge in [0.1, 0.15) is 0 Å². The SMILES string of the molecule is O=C(CN1CCOCC1)N1CCC(c2ccc(NC(=O)N3Cc4ccccc4C3)cc2)CC1. The maximum Gasteiger partial charge on any atom is 0.322 e. The normalized spacial score (nSPS) is 19.4. The van der Waals surface area contributed by atoms with E-state index in [-0.39, 0.29) is 11.9 Å². The Hall–Kier alpha value is -2.90. The number of ether oxygens (including phenoxy) is 1. The number of carbonyl (C=O) groups is 2. The Kier molecular flexibility index (Phi) is 6.60. The lowest BCUT2D eigenvalue weighted by Crippen LogP contribution is -2.46. The summed E-state index contributed by atoms with van der Waals surface area (Å²) in [6.45, 7) is 6.56. The van der Waals surface area contributed by atoms with E-state index in [1.54, 1.807) is 0 Å². The van der Waals surface area contributed by atoms with Crippen LogP contribution in [0.1, 0.15) is 35.4 Å². The molecule has 7 heteroatoms. The van der Waals surface area contributed by atoms with Crippen LogP contribution in [0.2, 0.25) is 0 Å². The largest absolute Gasteiger partial charge is 0.379 e. The van der Waals surface area contributed by atoms with Gasteiger partial charge in [0.15, 0.2) is 0 Å². The number of fused-ring (bicyclic) bond motifs is 1. The number of likely N-dealkylation sites (tertiary alicyclic amines) is 1. The van der Waals surface area contributed by atoms with Crippen molar-refractivity contribution in [3.8, 4) is 0 Å². The molecule has 0 atom stereocenters. The first-order valence-corrected chi connectivity index (χ1v) is 12.0. The molecule has 33 heavy (non-hydrogen) atoms. The van der Waals surface area contributed by atoms with Gasteiger partial charge in [-0.05, 0) is 47.6 Å². The first-order valence-electron chi connectivity index (χ1n) is 12.0. The minimum Gasteiger partial charge on any atom is -0.379 e. The summed E-state index contributed by atoms with van der Waals surface area (Å²) in [6, 6.07) is 16.4. The number of anilines is 1. The maximum atomic E-state index is 12.7. The molecule has 2 aromatic rings. The Bertz CT molecular complexity index is 954. The summed E-state index contributed by atoms with van der Waals surface area (Å²) in [5, 5.41) is 3.03. The highest BCUT2D eigenvalue weighted by atomic mass is 16.5. The molecule has 7 nitrogen and oxygen atoms in total. The molecule has 0 bridgehead atoms. The molecule has 0 spiro atoms. The Morgan fingerprint density at radius 1 is 0.848 bits per heavy atom. The van der Waals surface area contributed by atoms with Crippen LogP contribution < -0.4 is 5.32 Å². The van der Waals surface area contributed by atoms with Crippen LogP contribution in [0.4, 0.5) is 10.5 Å². The van der Waals surface area contributed by atoms with Gasteiger partial charge in [0.2, 0.25) is 5.91 Å². The maximum absolute atomic E-state index is 12.7. The Morgan fingerprint density at radius 2 is 1.48 bits per heavy atom. The molecule has 0 saturated carbocycles. The van der Waals surface area contributed by atoms with E-state index in [2.05, 4.69) is 34.5 Å². The fraction of sp³-hybridized carbons (Fsp3) is 0.462. The van der Waals surface area contributed by atoms with Crippen molar-refractivity contribution in [3.63, 3.8) is 0 Å². The number of hydrogen-bond acceptors (Lipinski definition) is 4. The third-order valence-corrected chi connectivity index (χ3v) is 7.07. The van der Waals surface area contributed by atoms with E-state index in [4.69, 9.17) is 4.74 Å². The molecule has 5 rings (SSSR count). The highest BCUT2D eigenvalue weighted by molar-refractivity contribution is 5.89. The van der Waals surface area contributed by atoms with Crippen molar-refractivity contribution in [2.75, 3.05) is 51.3 Å². The molecule has 2 fully saturated rings. The Morgan fingerprint density at radius 3 is 2.12 bits per heavy atom. The smallest absolute Gasteiger partial charge is 0.322 e. The lowest BCUT2D eigenvalue weighted by atomic mass is 9.89. The molecular weight excluding hydrogens is 416 g/mol. The van der Waals surface area contributed by atoms with Crippen molar-refractivity contribution in [2.45, 2.75) is 31.8 Å². The molecule has 1 N–H and O–H groups in total. The van der Waals surface area contributed by atoms with Crippen LogP contribution in [0.3, 0.4) is 0 Å². The van der Waals surface area contributed by atoms with Gasteiger partial charge in [-0.25, -0.2) is 4.79 Å². The van der Waals surface area contributed by atoms with E-state index < -0.39 is 0 Å². The van der Waals surface area contributed by atoms with Gasteiger partial charge in [0, 0.05) is 45.0 Å². The molecule has 0 aliphatic carbocycles. The molecule has 3 heterocycles. The van der Waals surface area contributed by atoms with Crippen molar-refractivity contribution in [2.24, 2.45) is 0 Å². The van der Waals surface area contributed by atoms with Crippen LogP contribution in [-0.2, 0) is 22.6 Å². The number of benzene rings is 2. The van der Waals surface area contributed by atoms with Crippen LogP contribution >= 0.6 is 0 Å². The number of hydrogen-bond donors (Lipinski definition) is 1. The van der Waals surface area contributed by atoms with Crippen LogP contribution in [0.15, 0.2) is 48.5 Å². The third-order valence-electron chi connectivity index (χ3n) is 7.07. The molecule has 2 aromatic carbocycles. The number of nitrogens with zero attached hydrogens (tertiary/aromatic N) is 3. The fourth-order valence-electron chi connectivity index (χ4n) is 5.03. The van der Waals surface area contributed by atoms with Crippen LogP contribution in [0.25, 0.3) is 0 Å².